The first kappa shape index (κ1) is 16.7. The number of hydrogen-bond donors (Lipinski definition) is 3. The molecule has 3 aromatic rings. The second kappa shape index (κ2) is 6.04. The van der Waals surface area contributed by atoms with Crippen molar-refractivity contribution in [2.45, 2.75) is 32.7 Å². The van der Waals surface area contributed by atoms with E-state index in [9.17, 15) is 0 Å². The van der Waals surface area contributed by atoms with Crippen molar-refractivity contribution in [3.63, 3.8) is 0 Å². The van der Waals surface area contributed by atoms with Crippen LogP contribution in [-0.4, -0.2) is 25.5 Å². The maximum absolute atomic E-state index is 5.78. The van der Waals surface area contributed by atoms with Crippen molar-refractivity contribution >= 4 is 28.9 Å². The van der Waals surface area contributed by atoms with E-state index in [-0.39, 0.29) is 23.1 Å². The number of rotatable bonds is 3. The number of anilines is 1. The number of hydrogen-bond acceptors (Lipinski definition) is 5. The topological polar surface area (TPSA) is 134 Å². The Morgan fingerprint density at radius 3 is 2.40 bits per heavy atom. The lowest BCUT2D eigenvalue weighted by Gasteiger charge is -2.19. The summed E-state index contributed by atoms with van der Waals surface area (Å²) in [5, 5.41) is 0. The molecule has 0 aliphatic carbocycles. The third-order valence-corrected chi connectivity index (χ3v) is 3.87. The summed E-state index contributed by atoms with van der Waals surface area (Å²) in [6.07, 6.45) is 1.68. The van der Waals surface area contributed by atoms with Gasteiger partial charge in [0.05, 0.1) is 12.9 Å². The van der Waals surface area contributed by atoms with E-state index in [2.05, 4.69) is 65.0 Å². The summed E-state index contributed by atoms with van der Waals surface area (Å²) in [4.78, 5) is 16.6. The average Bonchev–Trinajstić information content (AvgIpc) is 2.89. The van der Waals surface area contributed by atoms with Crippen molar-refractivity contribution in [2.75, 3.05) is 5.73 Å². The van der Waals surface area contributed by atoms with E-state index in [0.717, 1.165) is 5.56 Å². The minimum Gasteiger partial charge on any atom is -0.370 e. The maximum atomic E-state index is 5.78. The zero-order valence-corrected chi connectivity index (χ0v) is 14.6. The molecule has 25 heavy (non-hydrogen) atoms. The molecule has 0 saturated carbocycles. The molecular weight excluding hydrogens is 316 g/mol. The van der Waals surface area contributed by atoms with Gasteiger partial charge >= 0.3 is 0 Å². The summed E-state index contributed by atoms with van der Waals surface area (Å²) in [7, 11) is 0. The summed E-state index contributed by atoms with van der Waals surface area (Å²) in [5.41, 5.74) is 20.3. The fourth-order valence-corrected chi connectivity index (χ4v) is 2.57. The molecule has 2 aromatic heterocycles. The summed E-state index contributed by atoms with van der Waals surface area (Å²) >= 11 is 0. The van der Waals surface area contributed by atoms with Gasteiger partial charge < -0.3 is 21.8 Å². The van der Waals surface area contributed by atoms with Gasteiger partial charge in [-0.05, 0) is 16.5 Å². The van der Waals surface area contributed by atoms with Crippen LogP contribution in [0.1, 0.15) is 31.9 Å². The molecule has 0 saturated heterocycles. The Labute approximate surface area is 145 Å². The van der Waals surface area contributed by atoms with E-state index < -0.39 is 0 Å². The molecule has 3 rings (SSSR count). The molecule has 0 fully saturated rings. The highest BCUT2D eigenvalue weighted by molar-refractivity contribution is 5.87. The number of imidazole rings is 1. The molecule has 0 atom stereocenters. The number of aliphatic imine (C=N–C) groups is 1. The van der Waals surface area contributed by atoms with Gasteiger partial charge in [0.25, 0.3) is 0 Å². The lowest BCUT2D eigenvalue weighted by Crippen LogP contribution is -2.22. The number of fused-ring (bicyclic) bond motifs is 1. The van der Waals surface area contributed by atoms with E-state index in [1.807, 2.05) is 4.57 Å². The predicted molar refractivity (Wildman–Crippen MR) is 99.4 cm³/mol. The van der Waals surface area contributed by atoms with Crippen LogP contribution in [0, 0.1) is 0 Å². The molecule has 8 nitrogen and oxygen atoms in total. The SMILES string of the molecule is CC(C)(C)c1ccc(Cn2cnc3c(N=C(N)N)nc(N)nc32)cc1. The third-order valence-electron chi connectivity index (χ3n) is 3.87. The molecule has 1 aromatic carbocycles. The number of benzene rings is 1. The molecule has 0 bridgehead atoms. The Hall–Kier alpha value is -3.16. The highest BCUT2D eigenvalue weighted by atomic mass is 15.2. The van der Waals surface area contributed by atoms with Crippen molar-refractivity contribution in [3.05, 3.63) is 41.7 Å². The Bertz CT molecular complexity index is 928. The van der Waals surface area contributed by atoms with Crippen molar-refractivity contribution in [2.24, 2.45) is 16.5 Å². The second-order valence-corrected chi connectivity index (χ2v) is 6.93. The van der Waals surface area contributed by atoms with E-state index in [1.54, 1.807) is 6.33 Å². The van der Waals surface area contributed by atoms with Gasteiger partial charge in [0, 0.05) is 0 Å². The van der Waals surface area contributed by atoms with Gasteiger partial charge in [-0.2, -0.15) is 15.0 Å². The van der Waals surface area contributed by atoms with Crippen LogP contribution in [0.3, 0.4) is 0 Å². The van der Waals surface area contributed by atoms with Gasteiger partial charge in [-0.3, -0.25) is 0 Å². The minimum absolute atomic E-state index is 0.0948. The summed E-state index contributed by atoms with van der Waals surface area (Å²) < 4.78 is 1.89. The van der Waals surface area contributed by atoms with E-state index in [4.69, 9.17) is 17.2 Å². The van der Waals surface area contributed by atoms with Gasteiger partial charge in [0.2, 0.25) is 5.95 Å². The highest BCUT2D eigenvalue weighted by Crippen LogP contribution is 2.24. The molecule has 2 heterocycles. The average molecular weight is 338 g/mol. The van der Waals surface area contributed by atoms with Crippen LogP contribution in [0.15, 0.2) is 35.6 Å². The number of aromatic nitrogens is 4. The molecular formula is C17H22N8. The molecule has 0 aliphatic rings. The smallest absolute Gasteiger partial charge is 0.224 e. The van der Waals surface area contributed by atoms with Crippen LogP contribution in [0.2, 0.25) is 0 Å². The van der Waals surface area contributed by atoms with Gasteiger partial charge in [0.15, 0.2) is 22.9 Å². The van der Waals surface area contributed by atoms with Crippen molar-refractivity contribution in [1.29, 1.82) is 0 Å². The minimum atomic E-state index is -0.105. The van der Waals surface area contributed by atoms with Crippen LogP contribution in [-0.2, 0) is 12.0 Å². The Kier molecular flexibility index (Phi) is 4.03. The van der Waals surface area contributed by atoms with Gasteiger partial charge in [-0.15, -0.1) is 0 Å². The fourth-order valence-electron chi connectivity index (χ4n) is 2.57. The molecule has 8 heteroatoms. The highest BCUT2D eigenvalue weighted by Gasteiger charge is 2.14. The molecule has 0 radical (unpaired) electrons. The van der Waals surface area contributed by atoms with Gasteiger partial charge in [-0.1, -0.05) is 45.0 Å². The van der Waals surface area contributed by atoms with E-state index in [1.165, 1.54) is 5.56 Å². The normalized spacial score (nSPS) is 11.6. The summed E-state index contributed by atoms with van der Waals surface area (Å²) in [6, 6.07) is 8.49. The number of guanidine groups is 1. The first-order valence-electron chi connectivity index (χ1n) is 7.91. The number of nitrogens with two attached hydrogens (primary N) is 3. The zero-order valence-electron chi connectivity index (χ0n) is 14.6. The quantitative estimate of drug-likeness (QED) is 0.491. The van der Waals surface area contributed by atoms with Crippen molar-refractivity contribution in [3.8, 4) is 0 Å². The molecule has 0 amide bonds. The van der Waals surface area contributed by atoms with Crippen LogP contribution in [0.5, 0.6) is 0 Å². The van der Waals surface area contributed by atoms with Crippen LogP contribution in [0.25, 0.3) is 11.2 Å². The lowest BCUT2D eigenvalue weighted by atomic mass is 9.87. The first-order valence-corrected chi connectivity index (χ1v) is 7.91. The fraction of sp³-hybridized carbons (Fsp3) is 0.294. The van der Waals surface area contributed by atoms with Crippen LogP contribution in [0.4, 0.5) is 11.8 Å². The molecule has 0 spiro atoms. The summed E-state index contributed by atoms with van der Waals surface area (Å²) in [6.45, 7) is 7.18. The van der Waals surface area contributed by atoms with E-state index in [0.29, 0.717) is 17.7 Å². The Morgan fingerprint density at radius 2 is 1.80 bits per heavy atom. The van der Waals surface area contributed by atoms with Gasteiger partial charge in [-0.25, -0.2) is 4.98 Å². The molecule has 130 valence electrons. The third kappa shape index (κ3) is 3.52. The lowest BCUT2D eigenvalue weighted by molar-refractivity contribution is 0.590. The monoisotopic (exact) mass is 338 g/mol. The van der Waals surface area contributed by atoms with Gasteiger partial charge in [0.1, 0.15) is 0 Å². The predicted octanol–water partition coefficient (Wildman–Crippen LogP) is 1.66. The first-order chi connectivity index (χ1) is 11.7. The van der Waals surface area contributed by atoms with Crippen LogP contribution < -0.4 is 17.2 Å². The van der Waals surface area contributed by atoms with Crippen molar-refractivity contribution < 1.29 is 0 Å². The Morgan fingerprint density at radius 1 is 1.12 bits per heavy atom. The largest absolute Gasteiger partial charge is 0.370 e. The van der Waals surface area contributed by atoms with Crippen LogP contribution >= 0.6 is 0 Å². The molecule has 0 unspecified atom stereocenters. The standard InChI is InChI=1S/C17H22N8/c1-17(2,3)11-6-4-10(5-7-11)8-25-9-21-12-13(22-15(18)19)23-16(20)24-14(12)25/h4-7,9H,8H2,1-3H3,(H6,18,19,20,22,23,24). The van der Waals surface area contributed by atoms with E-state index >= 15 is 0 Å². The van der Waals surface area contributed by atoms with Crippen molar-refractivity contribution in [1.82, 2.24) is 19.5 Å². The number of nitrogens with zero attached hydrogens (tertiary/aromatic N) is 5. The summed E-state index contributed by atoms with van der Waals surface area (Å²) in [5.74, 6) is 0.258. The zero-order chi connectivity index (χ0) is 18.2. The molecule has 0 aliphatic heterocycles. The Balaban J connectivity index is 1.97. The second-order valence-electron chi connectivity index (χ2n) is 6.93. The molecule has 6 N–H and O–H groups in total. The maximum Gasteiger partial charge on any atom is 0.224 e. The number of nitrogen functional groups attached to an aromatic ring is 1.